The zero-order valence-corrected chi connectivity index (χ0v) is 12.4. The zero-order valence-electron chi connectivity index (χ0n) is 12.4. The number of hydrogen-bond donors (Lipinski definition) is 1. The number of nitrogens with zero attached hydrogens (tertiary/aromatic N) is 1. The number of hydrogen-bond acceptors (Lipinski definition) is 3. The van der Waals surface area contributed by atoms with Crippen LogP contribution in [-0.4, -0.2) is 17.7 Å². The molecule has 2 rings (SSSR count). The number of carbonyl (C=O) groups is 1. The first-order chi connectivity index (χ1) is 11.0. The molecule has 116 valence electrons. The highest BCUT2D eigenvalue weighted by Gasteiger charge is 2.08. The first kappa shape index (κ1) is 16.2. The summed E-state index contributed by atoms with van der Waals surface area (Å²) in [4.78, 5) is 10.5. The molecule has 23 heavy (non-hydrogen) atoms. The van der Waals surface area contributed by atoms with Gasteiger partial charge in [0, 0.05) is 0 Å². The van der Waals surface area contributed by atoms with Crippen LogP contribution in [0.5, 0.6) is 5.75 Å². The van der Waals surface area contributed by atoms with Crippen molar-refractivity contribution < 1.29 is 19.0 Å². The Morgan fingerprint density at radius 1 is 1.13 bits per heavy atom. The van der Waals surface area contributed by atoms with Gasteiger partial charge in [-0.2, -0.15) is 5.26 Å². The molecule has 0 spiro atoms. The Balaban J connectivity index is 2.29. The van der Waals surface area contributed by atoms with Crippen molar-refractivity contribution in [1.29, 1.82) is 5.26 Å². The van der Waals surface area contributed by atoms with Gasteiger partial charge in [-0.25, -0.2) is 9.18 Å². The van der Waals surface area contributed by atoms with Crippen LogP contribution in [0.1, 0.15) is 18.1 Å². The predicted octanol–water partition coefficient (Wildman–Crippen LogP) is 3.74. The standard InChI is InChI=1S/C18H14FNO3/c1-12(17(10-20)14-2-6-15(19)7-3-14)13-4-8-16(9-5-13)23-11-18(21)22/h2-9H,11H2,1H3,(H,21,22)/b17-12-. The second kappa shape index (κ2) is 7.23. The molecule has 0 amide bonds. The number of halogens is 1. The smallest absolute Gasteiger partial charge is 0.341 e. The van der Waals surface area contributed by atoms with Crippen LogP contribution in [0.2, 0.25) is 0 Å². The predicted molar refractivity (Wildman–Crippen MR) is 84.1 cm³/mol. The monoisotopic (exact) mass is 311 g/mol. The largest absolute Gasteiger partial charge is 0.482 e. The van der Waals surface area contributed by atoms with Gasteiger partial charge in [-0.3, -0.25) is 0 Å². The maximum atomic E-state index is 13.0. The summed E-state index contributed by atoms with van der Waals surface area (Å²) in [7, 11) is 0. The minimum Gasteiger partial charge on any atom is -0.482 e. The molecule has 0 saturated heterocycles. The molecular weight excluding hydrogens is 297 g/mol. The van der Waals surface area contributed by atoms with E-state index >= 15 is 0 Å². The van der Waals surface area contributed by atoms with E-state index in [1.807, 2.05) is 0 Å². The van der Waals surface area contributed by atoms with Crippen molar-refractivity contribution in [2.45, 2.75) is 6.92 Å². The minimum atomic E-state index is -1.05. The van der Waals surface area contributed by atoms with E-state index in [4.69, 9.17) is 9.84 Å². The molecule has 0 bridgehead atoms. The molecule has 4 nitrogen and oxygen atoms in total. The van der Waals surface area contributed by atoms with Gasteiger partial charge in [-0.05, 0) is 47.9 Å². The highest BCUT2D eigenvalue weighted by Crippen LogP contribution is 2.27. The number of ether oxygens (including phenoxy) is 1. The van der Waals surface area contributed by atoms with Crippen LogP contribution in [-0.2, 0) is 4.79 Å². The maximum absolute atomic E-state index is 13.0. The van der Waals surface area contributed by atoms with Crippen molar-refractivity contribution in [3.63, 3.8) is 0 Å². The number of carboxylic acids is 1. The van der Waals surface area contributed by atoms with Crippen LogP contribution >= 0.6 is 0 Å². The molecule has 0 unspecified atom stereocenters. The lowest BCUT2D eigenvalue weighted by molar-refractivity contribution is -0.139. The molecule has 1 N–H and O–H groups in total. The highest BCUT2D eigenvalue weighted by atomic mass is 19.1. The van der Waals surface area contributed by atoms with Crippen molar-refractivity contribution in [3.05, 3.63) is 65.5 Å². The average molecular weight is 311 g/mol. The van der Waals surface area contributed by atoms with Gasteiger partial charge in [-0.1, -0.05) is 24.3 Å². The fourth-order valence-corrected chi connectivity index (χ4v) is 2.07. The van der Waals surface area contributed by atoms with Gasteiger partial charge in [0.15, 0.2) is 6.61 Å². The Morgan fingerprint density at radius 3 is 2.22 bits per heavy atom. The topological polar surface area (TPSA) is 70.3 Å². The molecule has 5 heteroatoms. The third-order valence-corrected chi connectivity index (χ3v) is 3.27. The fraction of sp³-hybridized carbons (Fsp3) is 0.111. The molecular formula is C18H14FNO3. The van der Waals surface area contributed by atoms with Gasteiger partial charge in [0.05, 0.1) is 5.57 Å². The summed E-state index contributed by atoms with van der Waals surface area (Å²) in [6, 6.07) is 14.6. The molecule has 0 fully saturated rings. The Morgan fingerprint density at radius 2 is 1.70 bits per heavy atom. The summed E-state index contributed by atoms with van der Waals surface area (Å²) >= 11 is 0. The lowest BCUT2D eigenvalue weighted by Crippen LogP contribution is -2.09. The summed E-state index contributed by atoms with van der Waals surface area (Å²) in [5.41, 5.74) is 2.62. The highest BCUT2D eigenvalue weighted by molar-refractivity contribution is 5.96. The summed E-state index contributed by atoms with van der Waals surface area (Å²) in [5.74, 6) is -0.971. The van der Waals surface area contributed by atoms with Crippen LogP contribution in [0, 0.1) is 17.1 Å². The lowest BCUT2D eigenvalue weighted by atomic mass is 9.96. The van der Waals surface area contributed by atoms with E-state index in [2.05, 4.69) is 6.07 Å². The second-order valence-electron chi connectivity index (χ2n) is 4.83. The minimum absolute atomic E-state index is 0.358. The van der Waals surface area contributed by atoms with Crippen molar-refractivity contribution in [1.82, 2.24) is 0 Å². The van der Waals surface area contributed by atoms with E-state index in [0.29, 0.717) is 16.9 Å². The van der Waals surface area contributed by atoms with Crippen molar-refractivity contribution in [3.8, 4) is 11.8 Å². The first-order valence-electron chi connectivity index (χ1n) is 6.83. The van der Waals surface area contributed by atoms with Crippen LogP contribution in [0.4, 0.5) is 4.39 Å². The van der Waals surface area contributed by atoms with Gasteiger partial charge in [-0.15, -0.1) is 0 Å². The third-order valence-electron chi connectivity index (χ3n) is 3.27. The van der Waals surface area contributed by atoms with Crippen LogP contribution in [0.25, 0.3) is 11.1 Å². The van der Waals surface area contributed by atoms with Crippen LogP contribution < -0.4 is 4.74 Å². The molecule has 2 aromatic carbocycles. The average Bonchev–Trinajstić information content (AvgIpc) is 2.55. The number of allylic oxidation sites excluding steroid dienone is 2. The van der Waals surface area contributed by atoms with Gasteiger partial charge in [0.25, 0.3) is 0 Å². The van der Waals surface area contributed by atoms with Crippen LogP contribution in [0.15, 0.2) is 48.5 Å². The SMILES string of the molecule is C/C(=C(\C#N)c1ccc(F)cc1)c1ccc(OCC(=O)O)cc1. The summed E-state index contributed by atoms with van der Waals surface area (Å²) in [6.07, 6.45) is 0. The summed E-state index contributed by atoms with van der Waals surface area (Å²) < 4.78 is 18.1. The number of rotatable bonds is 5. The number of aliphatic carboxylic acids is 1. The van der Waals surface area contributed by atoms with E-state index in [-0.39, 0.29) is 5.82 Å². The molecule has 0 aromatic heterocycles. The first-order valence-corrected chi connectivity index (χ1v) is 6.83. The van der Waals surface area contributed by atoms with Gasteiger partial charge >= 0.3 is 5.97 Å². The van der Waals surface area contributed by atoms with Crippen LogP contribution in [0.3, 0.4) is 0 Å². The molecule has 0 aliphatic rings. The molecule has 0 aliphatic carbocycles. The number of carboxylic acid groups (broad SMARTS) is 1. The second-order valence-corrected chi connectivity index (χ2v) is 4.83. The third kappa shape index (κ3) is 4.17. The van der Waals surface area contributed by atoms with Crippen molar-refractivity contribution in [2.24, 2.45) is 0 Å². The van der Waals surface area contributed by atoms with E-state index in [1.54, 1.807) is 43.3 Å². The molecule has 0 radical (unpaired) electrons. The van der Waals surface area contributed by atoms with E-state index in [1.165, 1.54) is 12.1 Å². The fourth-order valence-electron chi connectivity index (χ4n) is 2.07. The van der Waals surface area contributed by atoms with E-state index < -0.39 is 12.6 Å². The zero-order chi connectivity index (χ0) is 16.8. The number of benzene rings is 2. The maximum Gasteiger partial charge on any atom is 0.341 e. The van der Waals surface area contributed by atoms with E-state index in [9.17, 15) is 14.4 Å². The Labute approximate surface area is 133 Å². The molecule has 0 atom stereocenters. The Hall–Kier alpha value is -3.13. The summed E-state index contributed by atoms with van der Waals surface area (Å²) in [6.45, 7) is 1.39. The molecule has 0 heterocycles. The Kier molecular flexibility index (Phi) is 5.11. The molecule has 0 aliphatic heterocycles. The van der Waals surface area contributed by atoms with Gasteiger partial charge < -0.3 is 9.84 Å². The van der Waals surface area contributed by atoms with Crippen molar-refractivity contribution >= 4 is 17.1 Å². The summed E-state index contributed by atoms with van der Waals surface area (Å²) in [5, 5.41) is 18.0. The quantitative estimate of drug-likeness (QED) is 0.674. The number of nitriles is 1. The van der Waals surface area contributed by atoms with E-state index in [0.717, 1.165) is 11.1 Å². The lowest BCUT2D eigenvalue weighted by Gasteiger charge is -2.08. The normalized spacial score (nSPS) is 11.3. The van der Waals surface area contributed by atoms with Gasteiger partial charge in [0.2, 0.25) is 0 Å². The Bertz CT molecular complexity index is 771. The molecule has 2 aromatic rings. The van der Waals surface area contributed by atoms with Crippen molar-refractivity contribution in [2.75, 3.05) is 6.61 Å². The van der Waals surface area contributed by atoms with Gasteiger partial charge in [0.1, 0.15) is 17.6 Å². The molecule has 0 saturated carbocycles.